The molecular weight excluding hydrogens is 635 g/mol. The fourth-order valence-electron chi connectivity index (χ4n) is 4.01. The number of alkyl halides is 3. The van der Waals surface area contributed by atoms with Crippen molar-refractivity contribution in [1.82, 2.24) is 20.9 Å². The van der Waals surface area contributed by atoms with Crippen molar-refractivity contribution in [3.63, 3.8) is 0 Å². The number of ketones is 1. The lowest BCUT2D eigenvalue weighted by molar-refractivity contribution is -0.146. The highest BCUT2D eigenvalue weighted by Crippen LogP contribution is 2.29. The minimum atomic E-state index is -4.64. The second-order valence-electron chi connectivity index (χ2n) is 13.3. The number of rotatable bonds is 12. The third-order valence-electron chi connectivity index (χ3n) is 6.39. The van der Waals surface area contributed by atoms with Crippen molar-refractivity contribution in [3.8, 4) is 0 Å². The molecule has 0 bridgehead atoms. The summed E-state index contributed by atoms with van der Waals surface area (Å²) < 4.78 is 43.2. The second-order valence-corrected chi connectivity index (χ2v) is 13.3. The van der Waals surface area contributed by atoms with Gasteiger partial charge < -0.3 is 31.3 Å². The molecule has 1 saturated carbocycles. The third kappa shape index (κ3) is 20.8. The van der Waals surface area contributed by atoms with Crippen LogP contribution in [0.15, 0.2) is 0 Å². The van der Waals surface area contributed by atoms with Crippen LogP contribution >= 0.6 is 0 Å². The molecule has 5 amide bonds. The number of likely N-dealkylation sites (tertiary alicyclic amines) is 1. The van der Waals surface area contributed by atoms with E-state index in [-0.39, 0.29) is 19.6 Å². The maximum absolute atomic E-state index is 13.5. The molecule has 2 fully saturated rings. The zero-order valence-corrected chi connectivity index (χ0v) is 30.5. The summed E-state index contributed by atoms with van der Waals surface area (Å²) in [4.78, 5) is 75.2. The Kier molecular flexibility index (Phi) is 22.4. The number of Topliss-reactive ketones (excluding diaryl/α,β-unsaturated/α-hetero) is 1. The number of hydrogen-bond donors (Lipinski definition) is 4. The topological polar surface area (TPSA) is 177 Å². The number of nitrogens with zero attached hydrogens (tertiary/aromatic N) is 1. The highest BCUT2D eigenvalue weighted by atomic mass is 19.4. The Hall–Kier alpha value is -3.39. The molecule has 12 nitrogen and oxygen atoms in total. The summed E-state index contributed by atoms with van der Waals surface area (Å²) in [7, 11) is 0. The number of nitrogens with two attached hydrogens (primary N) is 1. The van der Waals surface area contributed by atoms with Crippen molar-refractivity contribution in [2.45, 2.75) is 138 Å². The average molecular weight is 696 g/mol. The summed E-state index contributed by atoms with van der Waals surface area (Å²) in [6.45, 7) is 19.7. The molecule has 2 aliphatic rings. The molecule has 0 aromatic rings. The predicted molar refractivity (Wildman–Crippen MR) is 177 cm³/mol. The zero-order valence-electron chi connectivity index (χ0n) is 30.5. The van der Waals surface area contributed by atoms with Crippen LogP contribution in [0.1, 0.15) is 114 Å². The van der Waals surface area contributed by atoms with Gasteiger partial charge in [0.15, 0.2) is 0 Å². The van der Waals surface area contributed by atoms with Crippen LogP contribution in [0.2, 0.25) is 0 Å². The van der Waals surface area contributed by atoms with Gasteiger partial charge in [-0.1, -0.05) is 75.7 Å². The first-order chi connectivity index (χ1) is 22.1. The van der Waals surface area contributed by atoms with Crippen LogP contribution in [0.4, 0.5) is 18.0 Å². The number of urea groups is 1. The Morgan fingerprint density at radius 2 is 1.46 bits per heavy atom. The largest absolute Gasteiger partial charge is 0.464 e. The Balaban J connectivity index is 0. The van der Waals surface area contributed by atoms with Crippen molar-refractivity contribution in [1.29, 1.82) is 0 Å². The Labute approximate surface area is 284 Å². The maximum Gasteiger partial charge on any atom is 0.389 e. The molecule has 0 aromatic heterocycles. The van der Waals surface area contributed by atoms with Crippen LogP contribution in [-0.4, -0.2) is 84.4 Å². The van der Waals surface area contributed by atoms with Gasteiger partial charge in [-0.15, -0.1) is 0 Å². The highest BCUT2D eigenvalue weighted by molar-refractivity contribution is 6.37. The summed E-state index contributed by atoms with van der Waals surface area (Å²) in [5, 5.41) is 6.99. The van der Waals surface area contributed by atoms with Crippen molar-refractivity contribution in [3.05, 3.63) is 0 Å². The number of carbonyl (C=O) groups excluding carboxylic acids is 6. The minimum absolute atomic E-state index is 0.108. The number of nitrogens with one attached hydrogen (secondary N) is 3. The Bertz CT molecular complexity index is 1030. The van der Waals surface area contributed by atoms with Crippen LogP contribution < -0.4 is 21.7 Å². The lowest BCUT2D eigenvalue weighted by Gasteiger charge is -2.35. The molecule has 15 heteroatoms. The minimum Gasteiger partial charge on any atom is -0.464 e. The quantitative estimate of drug-likeness (QED) is 0.170. The predicted octanol–water partition coefficient (Wildman–Crippen LogP) is 4.63. The lowest BCUT2D eigenvalue weighted by atomic mass is 9.85. The van der Waals surface area contributed by atoms with E-state index in [0.717, 1.165) is 18.8 Å². The monoisotopic (exact) mass is 695 g/mol. The first-order valence-corrected chi connectivity index (χ1v) is 16.9. The number of amides is 5. The Morgan fingerprint density at radius 1 is 0.938 bits per heavy atom. The normalized spacial score (nSPS) is 16.7. The van der Waals surface area contributed by atoms with Crippen LogP contribution in [0.5, 0.6) is 0 Å². The molecule has 280 valence electrons. The van der Waals surface area contributed by atoms with Crippen molar-refractivity contribution in [2.75, 3.05) is 19.7 Å². The van der Waals surface area contributed by atoms with E-state index in [1.54, 1.807) is 20.8 Å². The molecule has 0 spiro atoms. The molecular formula is C33H60F3N5O7. The Morgan fingerprint density at radius 3 is 1.90 bits per heavy atom. The summed E-state index contributed by atoms with van der Waals surface area (Å²) in [5.41, 5.74) is 4.08. The first kappa shape index (κ1) is 46.7. The van der Waals surface area contributed by atoms with E-state index in [0.29, 0.717) is 12.3 Å². The van der Waals surface area contributed by atoms with Crippen molar-refractivity contribution in [2.24, 2.45) is 23.0 Å². The molecule has 3 unspecified atom stereocenters. The van der Waals surface area contributed by atoms with Crippen LogP contribution in [0, 0.1) is 17.3 Å². The van der Waals surface area contributed by atoms with Crippen molar-refractivity contribution >= 4 is 35.5 Å². The zero-order chi connectivity index (χ0) is 37.8. The van der Waals surface area contributed by atoms with Gasteiger partial charge in [0, 0.05) is 13.0 Å². The van der Waals surface area contributed by atoms with Gasteiger partial charge in [0.05, 0.1) is 12.6 Å². The average Bonchev–Trinajstić information content (AvgIpc) is 3.68. The van der Waals surface area contributed by atoms with E-state index in [1.807, 2.05) is 13.8 Å². The van der Waals surface area contributed by atoms with Gasteiger partial charge in [-0.25, -0.2) is 4.79 Å². The number of primary amides is 1. The molecule has 1 saturated heterocycles. The van der Waals surface area contributed by atoms with Gasteiger partial charge >= 0.3 is 18.2 Å². The molecule has 1 aliphatic carbocycles. The smallest absolute Gasteiger partial charge is 0.389 e. The number of carbonyl (C=O) groups is 6. The van der Waals surface area contributed by atoms with E-state index in [9.17, 15) is 41.9 Å². The van der Waals surface area contributed by atoms with E-state index in [4.69, 9.17) is 10.5 Å². The van der Waals surface area contributed by atoms with Gasteiger partial charge in [0.2, 0.25) is 17.6 Å². The maximum atomic E-state index is 13.5. The van der Waals surface area contributed by atoms with E-state index in [2.05, 4.69) is 50.6 Å². The first-order valence-electron chi connectivity index (χ1n) is 16.9. The molecule has 3 atom stereocenters. The third-order valence-corrected chi connectivity index (χ3v) is 6.39. The second kappa shape index (κ2) is 23.0. The molecule has 2 rings (SSSR count). The van der Waals surface area contributed by atoms with Gasteiger partial charge in [-0.3, -0.25) is 24.0 Å². The van der Waals surface area contributed by atoms with Crippen molar-refractivity contribution < 1.29 is 46.7 Å². The van der Waals surface area contributed by atoms with Crippen LogP contribution in [-0.2, 0) is 28.7 Å². The van der Waals surface area contributed by atoms with Gasteiger partial charge in [0.1, 0.15) is 18.6 Å². The summed E-state index contributed by atoms with van der Waals surface area (Å²) >= 11 is 0. The number of halogens is 3. The summed E-state index contributed by atoms with van der Waals surface area (Å²) in [6.07, 6.45) is -3.24. The lowest BCUT2D eigenvalue weighted by Crippen LogP contribution is -2.60. The molecule has 1 aliphatic heterocycles. The standard InChI is InChI=1S/C24H36F3N5O7.C4H10.C3H8.C2H6/c1-23(2,3)18(31-22(38)29-11-16(33)39-12-13-6-7-13)21(37)32-10-4-5-15(32)20(36)30-14(17(34)19(28)35)8-9-24(25,26)27;1-4(2)3;1-3-2;1-2/h13-15,18H,4-12H2,1-3H3,(H2,28,35)(H,30,36)(H2,29,31,38);4H,1-3H3;3H2,1-2H3;1-2H3. The molecule has 48 heavy (non-hydrogen) atoms. The molecule has 5 N–H and O–H groups in total. The van der Waals surface area contributed by atoms with E-state index >= 15 is 0 Å². The van der Waals surface area contributed by atoms with Gasteiger partial charge in [-0.2, -0.15) is 13.2 Å². The fourth-order valence-corrected chi connectivity index (χ4v) is 4.01. The van der Waals surface area contributed by atoms with Gasteiger partial charge in [0.25, 0.3) is 5.91 Å². The summed E-state index contributed by atoms with van der Waals surface area (Å²) in [5.74, 6) is -3.88. The molecule has 0 radical (unpaired) electrons. The summed E-state index contributed by atoms with van der Waals surface area (Å²) in [6, 6.07) is -4.93. The number of esters is 1. The van der Waals surface area contributed by atoms with Gasteiger partial charge in [-0.05, 0) is 49.4 Å². The van der Waals surface area contributed by atoms with Crippen LogP contribution in [0.3, 0.4) is 0 Å². The molecule has 0 aromatic carbocycles. The SMILES string of the molecule is CC.CC(C)(C)C(NC(=O)NCC(=O)OCC1CC1)C(=O)N1CCCC1C(=O)NC(CCC(F)(F)F)C(=O)C(N)=O.CC(C)C.CCC. The number of hydrogen-bond acceptors (Lipinski definition) is 7. The van der Waals surface area contributed by atoms with E-state index < -0.39 is 84.6 Å². The fraction of sp³-hybridized carbons (Fsp3) is 0.818. The molecule has 1 heterocycles. The van der Waals surface area contributed by atoms with E-state index in [1.165, 1.54) is 11.3 Å². The highest BCUT2D eigenvalue weighted by Gasteiger charge is 2.43. The number of ether oxygens (including phenoxy) is 1. The van der Waals surface area contributed by atoms with Crippen LogP contribution in [0.25, 0.3) is 0 Å².